The van der Waals surface area contributed by atoms with Crippen molar-refractivity contribution < 1.29 is 31.9 Å². The van der Waals surface area contributed by atoms with E-state index < -0.39 is 30.1 Å². The molecule has 0 aliphatic carbocycles. The zero-order chi connectivity index (χ0) is 21.8. The molecule has 29 heavy (non-hydrogen) atoms. The first-order chi connectivity index (χ1) is 13.7. The maximum absolute atomic E-state index is 14.1. The summed E-state index contributed by atoms with van der Waals surface area (Å²) in [6.07, 6.45) is -4.08. The quantitative estimate of drug-likeness (QED) is 0.773. The molecular weight excluding hydrogens is 397 g/mol. The molecule has 0 saturated carbocycles. The van der Waals surface area contributed by atoms with Gasteiger partial charge in [0.15, 0.2) is 5.82 Å². The van der Waals surface area contributed by atoms with Gasteiger partial charge in [0.25, 0.3) is 0 Å². The zero-order valence-corrected chi connectivity index (χ0v) is 16.0. The van der Waals surface area contributed by atoms with Gasteiger partial charge in [-0.1, -0.05) is 6.92 Å². The van der Waals surface area contributed by atoms with E-state index in [4.69, 9.17) is 5.11 Å². The van der Waals surface area contributed by atoms with Crippen LogP contribution < -0.4 is 0 Å². The lowest BCUT2D eigenvalue weighted by Gasteiger charge is -2.37. The third kappa shape index (κ3) is 5.53. The molecule has 1 fully saturated rings. The van der Waals surface area contributed by atoms with Gasteiger partial charge in [-0.05, 0) is 30.5 Å². The zero-order valence-electron chi connectivity index (χ0n) is 16.0. The van der Waals surface area contributed by atoms with E-state index in [2.05, 4.69) is 5.10 Å². The maximum atomic E-state index is 14.1. The highest BCUT2D eigenvalue weighted by atomic mass is 19.4. The summed E-state index contributed by atoms with van der Waals surface area (Å²) in [6.45, 7) is 2.19. The van der Waals surface area contributed by atoms with Crippen molar-refractivity contribution in [2.45, 2.75) is 31.9 Å². The van der Waals surface area contributed by atoms with Crippen molar-refractivity contribution >= 4 is 5.91 Å². The summed E-state index contributed by atoms with van der Waals surface area (Å²) in [5, 5.41) is 11.1. The third-order valence-electron chi connectivity index (χ3n) is 4.80. The van der Waals surface area contributed by atoms with Crippen molar-refractivity contribution in [3.63, 3.8) is 0 Å². The highest BCUT2D eigenvalue weighted by molar-refractivity contribution is 5.77. The summed E-state index contributed by atoms with van der Waals surface area (Å²) in [4.78, 5) is 13.0. The minimum Gasteiger partial charge on any atom is -0.400 e. The number of benzene rings is 1. The molecule has 1 saturated heterocycles. The molecule has 1 aliphatic rings. The van der Waals surface area contributed by atoms with Crippen LogP contribution in [0.15, 0.2) is 30.5 Å². The molecule has 1 aromatic heterocycles. The summed E-state index contributed by atoms with van der Waals surface area (Å²) in [5.74, 6) is -2.66. The molecule has 2 unspecified atom stereocenters. The molecule has 1 aliphatic heterocycles. The number of aromatic nitrogens is 2. The minimum absolute atomic E-state index is 0.0965. The van der Waals surface area contributed by atoms with Gasteiger partial charge in [-0.3, -0.25) is 4.79 Å². The fourth-order valence-corrected chi connectivity index (χ4v) is 3.54. The van der Waals surface area contributed by atoms with Crippen molar-refractivity contribution in [3.8, 4) is 5.69 Å². The van der Waals surface area contributed by atoms with Gasteiger partial charge in [0, 0.05) is 44.1 Å². The molecule has 1 aromatic carbocycles. The van der Waals surface area contributed by atoms with Gasteiger partial charge in [0.2, 0.25) is 5.91 Å². The van der Waals surface area contributed by atoms with Gasteiger partial charge in [0.1, 0.15) is 17.9 Å². The van der Waals surface area contributed by atoms with Gasteiger partial charge >= 0.3 is 6.18 Å². The van der Waals surface area contributed by atoms with E-state index in [0.29, 0.717) is 12.1 Å². The van der Waals surface area contributed by atoms with E-state index in [1.807, 2.05) is 6.92 Å². The number of likely N-dealkylation sites (tertiary alicyclic amines) is 1. The summed E-state index contributed by atoms with van der Waals surface area (Å²) in [7, 11) is 1.00. The lowest BCUT2D eigenvalue weighted by atomic mass is 9.84. The average Bonchev–Trinajstić information content (AvgIpc) is 3.11. The van der Waals surface area contributed by atoms with Crippen molar-refractivity contribution in [1.29, 1.82) is 0 Å². The van der Waals surface area contributed by atoms with Crippen LogP contribution >= 0.6 is 0 Å². The summed E-state index contributed by atoms with van der Waals surface area (Å²) in [5.41, 5.74) is 0.773. The Labute approximate surface area is 164 Å². The lowest BCUT2D eigenvalue weighted by molar-refractivity contribution is -0.162. The summed E-state index contributed by atoms with van der Waals surface area (Å²) >= 11 is 0. The second kappa shape index (κ2) is 9.34. The molecule has 2 atom stereocenters. The van der Waals surface area contributed by atoms with Crippen LogP contribution in [-0.2, 0) is 4.79 Å². The van der Waals surface area contributed by atoms with Crippen LogP contribution in [0.3, 0.4) is 0 Å². The van der Waals surface area contributed by atoms with Gasteiger partial charge in [-0.15, -0.1) is 0 Å². The van der Waals surface area contributed by atoms with E-state index in [9.17, 15) is 26.7 Å². The Bertz CT molecular complexity index is 837. The smallest absolute Gasteiger partial charge is 0.397 e. The number of hydrogen-bond acceptors (Lipinski definition) is 3. The first-order valence-corrected chi connectivity index (χ1v) is 8.94. The fourth-order valence-electron chi connectivity index (χ4n) is 3.54. The van der Waals surface area contributed by atoms with Crippen LogP contribution in [0.25, 0.3) is 5.69 Å². The van der Waals surface area contributed by atoms with Gasteiger partial charge in [0.05, 0.1) is 0 Å². The van der Waals surface area contributed by atoms with Gasteiger partial charge in [-0.2, -0.15) is 18.3 Å². The van der Waals surface area contributed by atoms with Crippen LogP contribution in [-0.4, -0.2) is 52.1 Å². The molecule has 5 nitrogen and oxygen atoms in total. The summed E-state index contributed by atoms with van der Waals surface area (Å²) < 4.78 is 66.0. The molecule has 2 heterocycles. The van der Waals surface area contributed by atoms with E-state index in [1.165, 1.54) is 21.8 Å². The number of amides is 1. The Morgan fingerprint density at radius 3 is 2.52 bits per heavy atom. The Hall–Kier alpha value is -2.49. The number of piperidine rings is 1. The first-order valence-electron chi connectivity index (χ1n) is 8.94. The molecular formula is C19H22F5N3O2. The second-order valence-electron chi connectivity index (χ2n) is 6.77. The molecule has 10 heteroatoms. The number of carbonyl (C=O) groups is 1. The lowest BCUT2D eigenvalue weighted by Crippen LogP contribution is -2.43. The molecule has 160 valence electrons. The van der Waals surface area contributed by atoms with Gasteiger partial charge < -0.3 is 10.0 Å². The minimum atomic E-state index is -4.53. The first kappa shape index (κ1) is 22.8. The standard InChI is InChI=1S/C18H18F5N3O.CH4O/c1-11-10-25(17(27)9-18(21,22)23)7-5-13(11)15-4-6-24-26(15)16-3-2-12(19)8-14(16)20;1-2/h2-4,6,8,11,13H,5,7,9-10H2,1H3;2H,1H3. The number of hydrogen-bond donors (Lipinski definition) is 1. The van der Waals surface area contributed by atoms with Crippen LogP contribution in [0.1, 0.15) is 31.4 Å². The summed E-state index contributed by atoms with van der Waals surface area (Å²) in [6, 6.07) is 4.89. The van der Waals surface area contributed by atoms with Crippen molar-refractivity contribution in [1.82, 2.24) is 14.7 Å². The number of carbonyl (C=O) groups excluding carboxylic acids is 1. The molecule has 1 N–H and O–H groups in total. The number of alkyl halides is 3. The largest absolute Gasteiger partial charge is 0.400 e. The molecule has 3 rings (SSSR count). The Morgan fingerprint density at radius 2 is 1.93 bits per heavy atom. The Balaban J connectivity index is 0.00000145. The van der Waals surface area contributed by atoms with Crippen molar-refractivity contribution in [3.05, 3.63) is 47.8 Å². The maximum Gasteiger partial charge on any atom is 0.397 e. The van der Waals surface area contributed by atoms with Crippen LogP contribution in [0.4, 0.5) is 22.0 Å². The fraction of sp³-hybridized carbons (Fsp3) is 0.474. The van der Waals surface area contributed by atoms with E-state index in [1.54, 1.807) is 6.07 Å². The third-order valence-corrected chi connectivity index (χ3v) is 4.80. The topological polar surface area (TPSA) is 58.4 Å². The number of rotatable bonds is 3. The average molecular weight is 419 g/mol. The molecule has 0 spiro atoms. The van der Waals surface area contributed by atoms with Crippen molar-refractivity contribution in [2.75, 3.05) is 20.2 Å². The predicted molar refractivity (Wildman–Crippen MR) is 95.4 cm³/mol. The number of aliphatic hydroxyl groups is 1. The van der Waals surface area contributed by atoms with Crippen molar-refractivity contribution in [2.24, 2.45) is 5.92 Å². The van der Waals surface area contributed by atoms with E-state index >= 15 is 0 Å². The number of aliphatic hydroxyl groups excluding tert-OH is 1. The van der Waals surface area contributed by atoms with Crippen LogP contribution in [0, 0.1) is 17.6 Å². The number of nitrogens with zero attached hydrogens (tertiary/aromatic N) is 3. The van der Waals surface area contributed by atoms with Crippen LogP contribution in [0.2, 0.25) is 0 Å². The van der Waals surface area contributed by atoms with Crippen LogP contribution in [0.5, 0.6) is 0 Å². The monoisotopic (exact) mass is 419 g/mol. The van der Waals surface area contributed by atoms with Gasteiger partial charge in [-0.25, -0.2) is 13.5 Å². The number of halogens is 5. The second-order valence-corrected chi connectivity index (χ2v) is 6.77. The predicted octanol–water partition coefficient (Wildman–Crippen LogP) is 3.66. The highest BCUT2D eigenvalue weighted by Crippen LogP contribution is 2.35. The Kier molecular flexibility index (Phi) is 7.34. The Morgan fingerprint density at radius 1 is 1.24 bits per heavy atom. The SMILES string of the molecule is CC1CN(C(=O)CC(F)(F)F)CCC1c1ccnn1-c1ccc(F)cc1F.CO. The van der Waals surface area contributed by atoms with E-state index in [0.717, 1.165) is 19.2 Å². The molecule has 1 amide bonds. The normalized spacial score (nSPS) is 19.5. The molecule has 2 aromatic rings. The van der Waals surface area contributed by atoms with E-state index in [-0.39, 0.29) is 30.6 Å². The molecule has 0 bridgehead atoms. The highest BCUT2D eigenvalue weighted by Gasteiger charge is 2.37. The molecule has 0 radical (unpaired) electrons.